The van der Waals surface area contributed by atoms with Crippen LogP contribution in [0.4, 0.5) is 0 Å². The number of fused-ring (bicyclic) bond motifs is 1. The van der Waals surface area contributed by atoms with E-state index in [1.165, 1.54) is 6.92 Å². The zero-order chi connectivity index (χ0) is 23.0. The summed E-state index contributed by atoms with van der Waals surface area (Å²) in [5.41, 5.74) is 11.5. The molecule has 0 saturated heterocycles. The first-order valence-corrected chi connectivity index (χ1v) is 10.6. The second kappa shape index (κ2) is 8.37. The molecule has 1 aromatic rings. The lowest BCUT2D eigenvalue weighted by molar-refractivity contribution is -0.114. The normalized spacial score (nSPS) is 19.8. The molecule has 3 nitrogen and oxygen atoms in total. The highest BCUT2D eigenvalue weighted by Gasteiger charge is 2.25. The van der Waals surface area contributed by atoms with E-state index >= 15 is 0 Å². The number of aryl methyl sites for hydroxylation is 1. The van der Waals surface area contributed by atoms with Crippen molar-refractivity contribution in [3.8, 4) is 0 Å². The first kappa shape index (κ1) is 21.4. The SMILES string of the molecule is C=C1C=CC(c2ccc(C3=CC4=CC=C=C(C)C=C4CC3=O)c(C)c2)=CC1C(=O)C(C)=N. The summed E-state index contributed by atoms with van der Waals surface area (Å²) >= 11 is 0. The van der Waals surface area contributed by atoms with Gasteiger partial charge in [0.05, 0.1) is 11.6 Å². The number of Topliss-reactive ketones (excluding diaryl/α,β-unsaturated/α-hetero) is 2. The van der Waals surface area contributed by atoms with Gasteiger partial charge in [-0.2, -0.15) is 0 Å². The molecule has 0 aromatic heterocycles. The molecule has 3 aliphatic carbocycles. The molecule has 0 heterocycles. The van der Waals surface area contributed by atoms with E-state index in [0.717, 1.165) is 44.6 Å². The van der Waals surface area contributed by atoms with Gasteiger partial charge in [0.15, 0.2) is 11.6 Å². The summed E-state index contributed by atoms with van der Waals surface area (Å²) in [4.78, 5) is 25.3. The standard InChI is InChI=1S/C29H25NO2/c1-17-6-5-7-21-15-27(28(31)16-24(21)12-17)25-11-10-22(13-19(25)3)23-9-8-18(2)26(14-23)29(32)20(4)30/h5,7-15,26,30H,2,16H2,1,3-4H3. The third-order valence-corrected chi connectivity index (χ3v) is 6.01. The van der Waals surface area contributed by atoms with E-state index in [9.17, 15) is 9.59 Å². The Hall–Kier alpha value is -3.81. The molecule has 158 valence electrons. The molecule has 1 atom stereocenters. The number of allylic oxidation sites excluding steroid dienone is 12. The highest BCUT2D eigenvalue weighted by Crippen LogP contribution is 2.35. The van der Waals surface area contributed by atoms with Crippen molar-refractivity contribution in [3.05, 3.63) is 112 Å². The average molecular weight is 420 g/mol. The maximum absolute atomic E-state index is 13.0. The fourth-order valence-electron chi connectivity index (χ4n) is 4.24. The minimum absolute atomic E-state index is 0.0257. The summed E-state index contributed by atoms with van der Waals surface area (Å²) in [5.74, 6) is -0.630. The van der Waals surface area contributed by atoms with Crippen molar-refractivity contribution in [2.24, 2.45) is 5.92 Å². The van der Waals surface area contributed by atoms with Crippen LogP contribution in [0.25, 0.3) is 11.1 Å². The highest BCUT2D eigenvalue weighted by molar-refractivity contribution is 6.39. The van der Waals surface area contributed by atoms with Gasteiger partial charge in [-0.25, -0.2) is 0 Å². The second-order valence-electron chi connectivity index (χ2n) is 8.47. The van der Waals surface area contributed by atoms with Gasteiger partial charge < -0.3 is 5.41 Å². The van der Waals surface area contributed by atoms with Crippen molar-refractivity contribution in [1.29, 1.82) is 5.41 Å². The zero-order valence-corrected chi connectivity index (χ0v) is 18.6. The average Bonchev–Trinajstić information content (AvgIpc) is 2.93. The van der Waals surface area contributed by atoms with E-state index in [2.05, 4.69) is 12.3 Å². The Kier molecular flexibility index (Phi) is 5.61. The van der Waals surface area contributed by atoms with Crippen molar-refractivity contribution in [3.63, 3.8) is 0 Å². The van der Waals surface area contributed by atoms with Crippen molar-refractivity contribution < 1.29 is 9.59 Å². The summed E-state index contributed by atoms with van der Waals surface area (Å²) < 4.78 is 0. The van der Waals surface area contributed by atoms with E-state index in [4.69, 9.17) is 5.41 Å². The number of nitrogens with one attached hydrogen (secondary N) is 1. The Labute approximate surface area is 188 Å². The van der Waals surface area contributed by atoms with Gasteiger partial charge in [0.1, 0.15) is 0 Å². The molecular weight excluding hydrogens is 394 g/mol. The molecule has 0 aliphatic heterocycles. The van der Waals surface area contributed by atoms with Crippen LogP contribution in [0, 0.1) is 18.3 Å². The van der Waals surface area contributed by atoms with Crippen molar-refractivity contribution in [1.82, 2.24) is 0 Å². The Morgan fingerprint density at radius 2 is 1.94 bits per heavy atom. The van der Waals surface area contributed by atoms with E-state index in [0.29, 0.717) is 12.0 Å². The van der Waals surface area contributed by atoms with E-state index in [1.807, 2.05) is 74.6 Å². The Bertz CT molecular complexity index is 1310. The van der Waals surface area contributed by atoms with Gasteiger partial charge >= 0.3 is 0 Å². The van der Waals surface area contributed by atoms with Crippen LogP contribution in [0.15, 0.2) is 95.3 Å². The molecule has 0 saturated carbocycles. The van der Waals surface area contributed by atoms with Crippen LogP contribution < -0.4 is 0 Å². The van der Waals surface area contributed by atoms with Crippen LogP contribution in [0.5, 0.6) is 0 Å². The molecular formula is C29H25NO2. The minimum Gasteiger partial charge on any atom is -0.302 e. The number of benzene rings is 1. The number of rotatable bonds is 4. The molecule has 3 heteroatoms. The maximum Gasteiger partial charge on any atom is 0.187 e. The lowest BCUT2D eigenvalue weighted by Gasteiger charge is -2.21. The molecule has 0 spiro atoms. The monoisotopic (exact) mass is 419 g/mol. The largest absolute Gasteiger partial charge is 0.302 e. The molecule has 32 heavy (non-hydrogen) atoms. The van der Waals surface area contributed by atoms with E-state index in [1.54, 1.807) is 0 Å². The smallest absolute Gasteiger partial charge is 0.187 e. The molecule has 0 bridgehead atoms. The number of carbonyl (C=O) groups excluding carboxylic acids is 2. The molecule has 0 radical (unpaired) electrons. The molecule has 0 amide bonds. The lowest BCUT2D eigenvalue weighted by Crippen LogP contribution is -2.21. The van der Waals surface area contributed by atoms with Crippen molar-refractivity contribution >= 4 is 28.4 Å². The number of carbonyl (C=O) groups is 2. The highest BCUT2D eigenvalue weighted by atomic mass is 16.1. The van der Waals surface area contributed by atoms with Crippen LogP contribution in [-0.2, 0) is 9.59 Å². The quantitative estimate of drug-likeness (QED) is 0.477. The van der Waals surface area contributed by atoms with Crippen LogP contribution >= 0.6 is 0 Å². The number of hydrogen-bond acceptors (Lipinski definition) is 3. The van der Waals surface area contributed by atoms with Crippen molar-refractivity contribution in [2.75, 3.05) is 0 Å². The maximum atomic E-state index is 13.0. The Morgan fingerprint density at radius 1 is 1.16 bits per heavy atom. The summed E-state index contributed by atoms with van der Waals surface area (Å²) in [6, 6.07) is 6.01. The molecule has 3 aliphatic rings. The molecule has 1 aromatic carbocycles. The van der Waals surface area contributed by atoms with Gasteiger partial charge in [0.25, 0.3) is 0 Å². The van der Waals surface area contributed by atoms with Gasteiger partial charge in [0.2, 0.25) is 0 Å². The fourth-order valence-corrected chi connectivity index (χ4v) is 4.24. The Balaban J connectivity index is 1.69. The first-order chi connectivity index (χ1) is 15.2. The summed E-state index contributed by atoms with van der Waals surface area (Å²) in [7, 11) is 0. The van der Waals surface area contributed by atoms with Crippen LogP contribution in [0.1, 0.15) is 37.0 Å². The Morgan fingerprint density at radius 3 is 2.66 bits per heavy atom. The predicted molar refractivity (Wildman–Crippen MR) is 130 cm³/mol. The summed E-state index contributed by atoms with van der Waals surface area (Å²) in [5, 5.41) is 7.68. The number of hydrogen-bond donors (Lipinski definition) is 1. The summed E-state index contributed by atoms with van der Waals surface area (Å²) in [6.07, 6.45) is 13.9. The molecule has 1 N–H and O–H groups in total. The minimum atomic E-state index is -0.507. The van der Waals surface area contributed by atoms with Crippen LogP contribution in [0.3, 0.4) is 0 Å². The fraction of sp³-hybridized carbons (Fsp3) is 0.172. The van der Waals surface area contributed by atoms with Gasteiger partial charge in [-0.3, -0.25) is 9.59 Å². The summed E-state index contributed by atoms with van der Waals surface area (Å²) in [6.45, 7) is 9.45. The van der Waals surface area contributed by atoms with Gasteiger partial charge in [0, 0.05) is 12.0 Å². The third kappa shape index (κ3) is 4.03. The molecule has 1 unspecified atom stereocenters. The van der Waals surface area contributed by atoms with Crippen LogP contribution in [0.2, 0.25) is 0 Å². The predicted octanol–water partition coefficient (Wildman–Crippen LogP) is 6.05. The number of ketones is 2. The van der Waals surface area contributed by atoms with Crippen molar-refractivity contribution in [2.45, 2.75) is 27.2 Å². The second-order valence-corrected chi connectivity index (χ2v) is 8.47. The molecule has 0 fully saturated rings. The lowest BCUT2D eigenvalue weighted by atomic mass is 9.82. The van der Waals surface area contributed by atoms with Gasteiger partial charge in [-0.15, -0.1) is 5.73 Å². The topological polar surface area (TPSA) is 58.0 Å². The van der Waals surface area contributed by atoms with E-state index < -0.39 is 5.92 Å². The zero-order valence-electron chi connectivity index (χ0n) is 18.6. The van der Waals surface area contributed by atoms with Gasteiger partial charge in [-0.05, 0) is 89.6 Å². The third-order valence-electron chi connectivity index (χ3n) is 6.01. The molecule has 4 rings (SSSR count). The van der Waals surface area contributed by atoms with Crippen LogP contribution in [-0.4, -0.2) is 17.3 Å². The van der Waals surface area contributed by atoms with Gasteiger partial charge in [-0.1, -0.05) is 43.0 Å². The van der Waals surface area contributed by atoms with E-state index in [-0.39, 0.29) is 17.3 Å². The first-order valence-electron chi connectivity index (χ1n) is 10.6.